The number of carbonyl (C=O) groups excluding carboxylic acids is 2. The molecule has 2 atom stereocenters. The first-order chi connectivity index (χ1) is 12.9. The molecule has 1 N–H and O–H groups in total. The van der Waals surface area contributed by atoms with Crippen LogP contribution in [0.4, 0.5) is 10.1 Å². The molecule has 0 saturated heterocycles. The number of rotatable bonds is 7. The van der Waals surface area contributed by atoms with Crippen LogP contribution in [0.15, 0.2) is 54.6 Å². The van der Waals surface area contributed by atoms with Gasteiger partial charge in [0.05, 0.1) is 0 Å². The van der Waals surface area contributed by atoms with Gasteiger partial charge in [-0.3, -0.25) is 4.79 Å². The van der Waals surface area contributed by atoms with E-state index in [1.165, 1.54) is 19.1 Å². The Morgan fingerprint density at radius 1 is 1.11 bits per heavy atom. The van der Waals surface area contributed by atoms with Crippen molar-refractivity contribution in [3.8, 4) is 0 Å². The van der Waals surface area contributed by atoms with Gasteiger partial charge in [0.1, 0.15) is 5.82 Å². The number of benzene rings is 2. The van der Waals surface area contributed by atoms with Crippen molar-refractivity contribution < 1.29 is 18.7 Å². The van der Waals surface area contributed by atoms with Crippen LogP contribution in [-0.4, -0.2) is 18.0 Å². The number of para-hydroxylation sites is 1. The van der Waals surface area contributed by atoms with Gasteiger partial charge in [-0.15, -0.1) is 0 Å². The molecule has 1 amide bonds. The molecule has 2 aromatic carbocycles. The molecule has 4 nitrogen and oxygen atoms in total. The standard InChI is InChI=1S/C22H24FNO3/c1-4-15(2)18-10-6-8-12-20(18)24-22(26)16(3)27-21(25)14-13-17-9-5-7-11-19(17)23/h5-16H,4H2,1-3H3,(H,24,26)/b14-13+. The largest absolute Gasteiger partial charge is 0.449 e. The van der Waals surface area contributed by atoms with Crippen molar-refractivity contribution in [2.45, 2.75) is 39.2 Å². The minimum atomic E-state index is -0.979. The average molecular weight is 369 g/mol. The molecular formula is C22H24FNO3. The lowest BCUT2D eigenvalue weighted by Crippen LogP contribution is -2.29. The Labute approximate surface area is 159 Å². The molecule has 0 radical (unpaired) electrons. The molecule has 2 rings (SSSR count). The van der Waals surface area contributed by atoms with E-state index in [-0.39, 0.29) is 5.56 Å². The molecule has 142 valence electrons. The van der Waals surface area contributed by atoms with E-state index >= 15 is 0 Å². The lowest BCUT2D eigenvalue weighted by Gasteiger charge is -2.17. The SMILES string of the molecule is CCC(C)c1ccccc1NC(=O)C(C)OC(=O)/C=C/c1ccccc1F. The Bertz CT molecular complexity index is 832. The van der Waals surface area contributed by atoms with Crippen LogP contribution in [0.25, 0.3) is 6.08 Å². The Morgan fingerprint density at radius 3 is 2.48 bits per heavy atom. The summed E-state index contributed by atoms with van der Waals surface area (Å²) in [5.74, 6) is -1.27. The second-order valence-corrected chi connectivity index (χ2v) is 6.32. The molecule has 0 bridgehead atoms. The van der Waals surface area contributed by atoms with Crippen molar-refractivity contribution >= 4 is 23.6 Å². The molecule has 0 fully saturated rings. The molecule has 0 heterocycles. The number of hydrogen-bond donors (Lipinski definition) is 1. The zero-order valence-electron chi connectivity index (χ0n) is 15.7. The third-order valence-corrected chi connectivity index (χ3v) is 4.33. The van der Waals surface area contributed by atoms with E-state index in [1.807, 2.05) is 24.3 Å². The van der Waals surface area contributed by atoms with Crippen LogP contribution in [0.5, 0.6) is 0 Å². The highest BCUT2D eigenvalue weighted by molar-refractivity contribution is 5.97. The van der Waals surface area contributed by atoms with E-state index in [9.17, 15) is 14.0 Å². The van der Waals surface area contributed by atoms with Crippen LogP contribution in [-0.2, 0) is 14.3 Å². The molecule has 0 saturated carbocycles. The highest BCUT2D eigenvalue weighted by atomic mass is 19.1. The monoisotopic (exact) mass is 369 g/mol. The smallest absolute Gasteiger partial charge is 0.331 e. The summed E-state index contributed by atoms with van der Waals surface area (Å²) >= 11 is 0. The molecule has 27 heavy (non-hydrogen) atoms. The number of halogens is 1. The fourth-order valence-electron chi connectivity index (χ4n) is 2.53. The van der Waals surface area contributed by atoms with Gasteiger partial charge in [0.2, 0.25) is 0 Å². The minimum absolute atomic E-state index is 0.272. The lowest BCUT2D eigenvalue weighted by atomic mass is 9.97. The molecule has 0 aromatic heterocycles. The van der Waals surface area contributed by atoms with Gasteiger partial charge >= 0.3 is 5.97 Å². The van der Waals surface area contributed by atoms with Gasteiger partial charge in [-0.05, 0) is 43.0 Å². The Kier molecular flexibility index (Phi) is 7.29. The molecule has 0 spiro atoms. The number of nitrogens with one attached hydrogen (secondary N) is 1. The first kappa shape index (κ1) is 20.4. The number of carbonyl (C=O) groups is 2. The van der Waals surface area contributed by atoms with Crippen LogP contribution in [0.3, 0.4) is 0 Å². The molecule has 5 heteroatoms. The maximum Gasteiger partial charge on any atom is 0.331 e. The second kappa shape index (κ2) is 9.67. The van der Waals surface area contributed by atoms with Gasteiger partial charge in [-0.25, -0.2) is 9.18 Å². The summed E-state index contributed by atoms with van der Waals surface area (Å²) in [4.78, 5) is 24.3. The molecule has 0 aliphatic carbocycles. The fraction of sp³-hybridized carbons (Fsp3) is 0.273. The third kappa shape index (κ3) is 5.78. The van der Waals surface area contributed by atoms with Crippen molar-refractivity contribution in [1.82, 2.24) is 0 Å². The van der Waals surface area contributed by atoms with Crippen molar-refractivity contribution in [2.75, 3.05) is 5.32 Å². The van der Waals surface area contributed by atoms with Gasteiger partial charge in [-0.2, -0.15) is 0 Å². The lowest BCUT2D eigenvalue weighted by molar-refractivity contribution is -0.148. The normalized spacial score (nSPS) is 13.2. The van der Waals surface area contributed by atoms with E-state index in [0.29, 0.717) is 11.6 Å². The van der Waals surface area contributed by atoms with Crippen LogP contribution in [0, 0.1) is 5.82 Å². The summed E-state index contributed by atoms with van der Waals surface area (Å²) in [5.41, 5.74) is 2.02. The van der Waals surface area contributed by atoms with Gasteiger partial charge < -0.3 is 10.1 Å². The van der Waals surface area contributed by atoms with E-state index in [2.05, 4.69) is 19.2 Å². The number of hydrogen-bond acceptors (Lipinski definition) is 3. The van der Waals surface area contributed by atoms with Gasteiger partial charge in [-0.1, -0.05) is 50.2 Å². The number of anilines is 1. The minimum Gasteiger partial charge on any atom is -0.449 e. The zero-order valence-corrected chi connectivity index (χ0v) is 15.7. The average Bonchev–Trinajstić information content (AvgIpc) is 2.67. The number of ether oxygens (including phenoxy) is 1. The van der Waals surface area contributed by atoms with E-state index < -0.39 is 23.8 Å². The predicted octanol–water partition coefficient (Wildman–Crippen LogP) is 4.92. The molecule has 0 aliphatic rings. The van der Waals surface area contributed by atoms with E-state index in [0.717, 1.165) is 18.1 Å². The molecule has 2 unspecified atom stereocenters. The summed E-state index contributed by atoms with van der Waals surface area (Å²) in [6.45, 7) is 5.66. The van der Waals surface area contributed by atoms with Gasteiger partial charge in [0, 0.05) is 17.3 Å². The molecule has 2 aromatic rings. The summed E-state index contributed by atoms with van der Waals surface area (Å²) in [5, 5.41) is 2.81. The Balaban J connectivity index is 1.98. The zero-order chi connectivity index (χ0) is 19.8. The first-order valence-corrected chi connectivity index (χ1v) is 8.95. The summed E-state index contributed by atoms with van der Waals surface area (Å²) in [6, 6.07) is 13.6. The quantitative estimate of drug-likeness (QED) is 0.556. The number of amides is 1. The highest BCUT2D eigenvalue weighted by Gasteiger charge is 2.18. The highest BCUT2D eigenvalue weighted by Crippen LogP contribution is 2.26. The fourth-order valence-corrected chi connectivity index (χ4v) is 2.53. The van der Waals surface area contributed by atoms with Gasteiger partial charge in [0.25, 0.3) is 5.91 Å². The maximum atomic E-state index is 13.5. The maximum absolute atomic E-state index is 13.5. The first-order valence-electron chi connectivity index (χ1n) is 8.95. The van der Waals surface area contributed by atoms with Gasteiger partial charge in [0.15, 0.2) is 6.10 Å². The van der Waals surface area contributed by atoms with E-state index in [1.54, 1.807) is 18.2 Å². The van der Waals surface area contributed by atoms with Crippen molar-refractivity contribution in [2.24, 2.45) is 0 Å². The van der Waals surface area contributed by atoms with Crippen LogP contribution < -0.4 is 5.32 Å². The van der Waals surface area contributed by atoms with Crippen molar-refractivity contribution in [1.29, 1.82) is 0 Å². The van der Waals surface area contributed by atoms with E-state index in [4.69, 9.17) is 4.74 Å². The summed E-state index contributed by atoms with van der Waals surface area (Å²) in [7, 11) is 0. The second-order valence-electron chi connectivity index (χ2n) is 6.32. The van der Waals surface area contributed by atoms with Crippen LogP contribution in [0.2, 0.25) is 0 Å². The Hall–Kier alpha value is -2.95. The van der Waals surface area contributed by atoms with Crippen molar-refractivity contribution in [3.63, 3.8) is 0 Å². The Morgan fingerprint density at radius 2 is 1.78 bits per heavy atom. The number of esters is 1. The van der Waals surface area contributed by atoms with Crippen LogP contribution in [0.1, 0.15) is 44.2 Å². The summed E-state index contributed by atoms with van der Waals surface area (Å²) in [6.07, 6.45) is 2.39. The van der Waals surface area contributed by atoms with Crippen molar-refractivity contribution in [3.05, 3.63) is 71.6 Å². The predicted molar refractivity (Wildman–Crippen MR) is 105 cm³/mol. The summed E-state index contributed by atoms with van der Waals surface area (Å²) < 4.78 is 18.7. The molecular weight excluding hydrogens is 345 g/mol. The molecule has 0 aliphatic heterocycles. The topological polar surface area (TPSA) is 55.4 Å². The van der Waals surface area contributed by atoms with Crippen LogP contribution >= 0.6 is 0 Å². The third-order valence-electron chi connectivity index (χ3n) is 4.33.